The lowest BCUT2D eigenvalue weighted by Gasteiger charge is -2.48. The van der Waals surface area contributed by atoms with Crippen molar-refractivity contribution in [2.45, 2.75) is 37.9 Å². The predicted octanol–water partition coefficient (Wildman–Crippen LogP) is 4.28. The number of anilines is 2. The van der Waals surface area contributed by atoms with Gasteiger partial charge < -0.3 is 20.1 Å². The molecule has 0 radical (unpaired) electrons. The molecule has 1 amide bonds. The van der Waals surface area contributed by atoms with E-state index in [2.05, 4.69) is 15.3 Å². The summed E-state index contributed by atoms with van der Waals surface area (Å²) in [6.07, 6.45) is 2.76. The Labute approximate surface area is 212 Å². The van der Waals surface area contributed by atoms with Crippen LogP contribution in [0.4, 0.5) is 24.5 Å². The molecule has 1 aromatic carbocycles. The van der Waals surface area contributed by atoms with Crippen LogP contribution in [-0.4, -0.2) is 59.1 Å². The summed E-state index contributed by atoms with van der Waals surface area (Å²) in [5, 5.41) is 12.5. The molecule has 4 heterocycles. The largest absolute Gasteiger partial charge is 0.393 e. The van der Waals surface area contributed by atoms with Crippen molar-refractivity contribution in [3.05, 3.63) is 71.3 Å². The third-order valence-electron chi connectivity index (χ3n) is 7.00. The van der Waals surface area contributed by atoms with Crippen molar-refractivity contribution >= 4 is 17.3 Å². The summed E-state index contributed by atoms with van der Waals surface area (Å²) in [5.41, 5.74) is 2.18. The second-order valence-electron chi connectivity index (χ2n) is 9.63. The standard InChI is InChI=1S/C27H27F3N4O3/c1-16-21(11-20(13-32-16)33-25(36)18-5-6-31-23(10-18)26(2,28)29)17-3-4-19-12-27(30,15-35)24-14-37-8-7-34(24)22(19)9-17/h3-6,9-11,13,24,35H,7-8,12,14-15H2,1-2H3,(H,33,36)/t24-,27+/m1/s1. The average molecular weight is 513 g/mol. The number of hydrogen-bond donors (Lipinski definition) is 2. The highest BCUT2D eigenvalue weighted by atomic mass is 19.3. The molecule has 0 bridgehead atoms. The summed E-state index contributed by atoms with van der Waals surface area (Å²) in [6.45, 7) is 3.15. The Kier molecular flexibility index (Phi) is 6.41. The molecule has 2 atom stereocenters. The van der Waals surface area contributed by atoms with E-state index in [1.54, 1.807) is 6.07 Å². The minimum Gasteiger partial charge on any atom is -0.393 e. The molecule has 2 aliphatic rings. The highest BCUT2D eigenvalue weighted by Crippen LogP contribution is 2.42. The fourth-order valence-corrected chi connectivity index (χ4v) is 4.97. The van der Waals surface area contributed by atoms with Crippen LogP contribution in [-0.2, 0) is 17.1 Å². The number of morpholine rings is 1. The monoisotopic (exact) mass is 512 g/mol. The van der Waals surface area contributed by atoms with Gasteiger partial charge in [-0.15, -0.1) is 0 Å². The molecule has 1 fully saturated rings. The number of pyridine rings is 2. The molecular weight excluding hydrogens is 485 g/mol. The number of alkyl halides is 3. The molecule has 0 spiro atoms. The maximum atomic E-state index is 15.5. The molecule has 2 aromatic heterocycles. The average Bonchev–Trinajstić information content (AvgIpc) is 2.89. The number of rotatable bonds is 5. The van der Waals surface area contributed by atoms with Gasteiger partial charge in [-0.25, -0.2) is 4.39 Å². The fraction of sp³-hybridized carbons (Fsp3) is 0.370. The Morgan fingerprint density at radius 3 is 2.84 bits per heavy atom. The lowest BCUT2D eigenvalue weighted by molar-refractivity contribution is -0.0173. The first kappa shape index (κ1) is 25.2. The molecule has 0 unspecified atom stereocenters. The number of aliphatic hydroxyl groups excluding tert-OH is 1. The van der Waals surface area contributed by atoms with E-state index in [4.69, 9.17) is 4.74 Å². The minimum atomic E-state index is -3.17. The number of carbonyl (C=O) groups excluding carboxylic acids is 1. The Balaban J connectivity index is 1.45. The van der Waals surface area contributed by atoms with E-state index in [9.17, 15) is 18.7 Å². The number of nitrogens with one attached hydrogen (secondary N) is 1. The van der Waals surface area contributed by atoms with Crippen molar-refractivity contribution in [2.24, 2.45) is 0 Å². The zero-order chi connectivity index (χ0) is 26.4. The van der Waals surface area contributed by atoms with Crippen molar-refractivity contribution in [3.63, 3.8) is 0 Å². The topological polar surface area (TPSA) is 87.6 Å². The lowest BCUT2D eigenvalue weighted by atomic mass is 9.82. The van der Waals surface area contributed by atoms with Crippen LogP contribution in [0.15, 0.2) is 48.8 Å². The number of aryl methyl sites for hydroxylation is 1. The van der Waals surface area contributed by atoms with Crippen LogP contribution in [0.3, 0.4) is 0 Å². The summed E-state index contributed by atoms with van der Waals surface area (Å²) >= 11 is 0. The summed E-state index contributed by atoms with van der Waals surface area (Å²) in [6, 6.07) is 9.31. The van der Waals surface area contributed by atoms with Crippen LogP contribution in [0.25, 0.3) is 11.1 Å². The number of benzene rings is 1. The lowest BCUT2D eigenvalue weighted by Crippen LogP contribution is -2.62. The van der Waals surface area contributed by atoms with Crippen molar-refractivity contribution < 1.29 is 27.8 Å². The van der Waals surface area contributed by atoms with Crippen molar-refractivity contribution in [3.8, 4) is 11.1 Å². The third-order valence-corrected chi connectivity index (χ3v) is 7.00. The SMILES string of the molecule is Cc1ncc(NC(=O)c2ccnc(C(C)(F)F)c2)cc1-c1ccc2c(c1)N1CCOC[C@@H]1[C@@](F)(CO)C2. The highest BCUT2D eigenvalue weighted by molar-refractivity contribution is 6.04. The first-order valence-corrected chi connectivity index (χ1v) is 12.0. The second kappa shape index (κ2) is 9.42. The molecule has 2 aliphatic heterocycles. The number of nitrogens with zero attached hydrogens (tertiary/aromatic N) is 3. The van der Waals surface area contributed by atoms with Crippen molar-refractivity contribution in [1.29, 1.82) is 0 Å². The quantitative estimate of drug-likeness (QED) is 0.531. The van der Waals surface area contributed by atoms with E-state index in [0.29, 0.717) is 18.8 Å². The second-order valence-corrected chi connectivity index (χ2v) is 9.63. The zero-order valence-electron chi connectivity index (χ0n) is 20.5. The third kappa shape index (κ3) is 4.78. The Hall–Kier alpha value is -3.50. The zero-order valence-corrected chi connectivity index (χ0v) is 20.5. The number of hydrogen-bond acceptors (Lipinski definition) is 6. The van der Waals surface area contributed by atoms with Gasteiger partial charge in [0.1, 0.15) is 5.69 Å². The maximum Gasteiger partial charge on any atom is 0.286 e. The van der Waals surface area contributed by atoms with E-state index in [1.165, 1.54) is 18.5 Å². The van der Waals surface area contributed by atoms with Gasteiger partial charge in [0.25, 0.3) is 11.8 Å². The summed E-state index contributed by atoms with van der Waals surface area (Å²) in [4.78, 5) is 22.8. The first-order chi connectivity index (χ1) is 17.6. The van der Waals surface area contributed by atoms with Crippen LogP contribution >= 0.6 is 0 Å². The van der Waals surface area contributed by atoms with Gasteiger partial charge in [-0.05, 0) is 42.3 Å². The Morgan fingerprint density at radius 2 is 2.08 bits per heavy atom. The molecule has 0 saturated carbocycles. The number of aromatic nitrogens is 2. The van der Waals surface area contributed by atoms with Gasteiger partial charge in [-0.1, -0.05) is 12.1 Å². The number of ether oxygens (including phenoxy) is 1. The molecule has 37 heavy (non-hydrogen) atoms. The predicted molar refractivity (Wildman–Crippen MR) is 133 cm³/mol. The minimum absolute atomic E-state index is 0.0550. The number of fused-ring (bicyclic) bond motifs is 3. The number of amides is 1. The molecule has 0 aliphatic carbocycles. The number of carbonyl (C=O) groups is 1. The van der Waals surface area contributed by atoms with Gasteiger partial charge >= 0.3 is 0 Å². The van der Waals surface area contributed by atoms with E-state index < -0.39 is 35.8 Å². The van der Waals surface area contributed by atoms with Gasteiger partial charge in [-0.2, -0.15) is 8.78 Å². The van der Waals surface area contributed by atoms with Crippen LogP contribution in [0.1, 0.15) is 34.2 Å². The van der Waals surface area contributed by atoms with Gasteiger partial charge in [0.05, 0.1) is 37.7 Å². The normalized spacial score (nSPS) is 21.2. The Bertz CT molecular complexity index is 1350. The fourth-order valence-electron chi connectivity index (χ4n) is 4.97. The van der Waals surface area contributed by atoms with Crippen LogP contribution in [0, 0.1) is 6.92 Å². The van der Waals surface area contributed by atoms with Crippen LogP contribution < -0.4 is 10.2 Å². The smallest absolute Gasteiger partial charge is 0.286 e. The van der Waals surface area contributed by atoms with E-state index >= 15 is 4.39 Å². The van der Waals surface area contributed by atoms with E-state index in [1.807, 2.05) is 30.0 Å². The number of halogens is 3. The van der Waals surface area contributed by atoms with Crippen LogP contribution in [0.2, 0.25) is 0 Å². The van der Waals surface area contributed by atoms with Gasteiger partial charge in [-0.3, -0.25) is 14.8 Å². The van der Waals surface area contributed by atoms with E-state index in [-0.39, 0.29) is 18.6 Å². The van der Waals surface area contributed by atoms with Gasteiger partial charge in [0.15, 0.2) is 5.67 Å². The van der Waals surface area contributed by atoms with E-state index in [0.717, 1.165) is 41.1 Å². The summed E-state index contributed by atoms with van der Waals surface area (Å²) < 4.78 is 48.4. The molecule has 1 saturated heterocycles. The molecule has 194 valence electrons. The summed E-state index contributed by atoms with van der Waals surface area (Å²) in [5.74, 6) is -3.73. The summed E-state index contributed by atoms with van der Waals surface area (Å²) in [7, 11) is 0. The van der Waals surface area contributed by atoms with Gasteiger partial charge in [0, 0.05) is 48.6 Å². The maximum absolute atomic E-state index is 15.5. The number of aliphatic hydroxyl groups is 1. The van der Waals surface area contributed by atoms with Crippen molar-refractivity contribution in [2.75, 3.05) is 36.6 Å². The van der Waals surface area contributed by atoms with Gasteiger partial charge in [0.2, 0.25) is 0 Å². The molecule has 2 N–H and O–H groups in total. The molecule has 3 aromatic rings. The van der Waals surface area contributed by atoms with Crippen LogP contribution in [0.5, 0.6) is 0 Å². The Morgan fingerprint density at radius 1 is 1.27 bits per heavy atom. The molecule has 10 heteroatoms. The highest BCUT2D eigenvalue weighted by Gasteiger charge is 2.48. The first-order valence-electron chi connectivity index (χ1n) is 12.0. The molecule has 5 rings (SSSR count). The molecule has 7 nitrogen and oxygen atoms in total. The molecular formula is C27H27F3N4O3. The van der Waals surface area contributed by atoms with Crippen molar-refractivity contribution in [1.82, 2.24) is 9.97 Å².